The maximum atomic E-state index is 12.1. The molecule has 2 aromatic rings. The quantitative estimate of drug-likeness (QED) is 0.497. The summed E-state index contributed by atoms with van der Waals surface area (Å²) in [6.07, 6.45) is 0. The average Bonchev–Trinajstić information content (AvgIpc) is 2.45. The van der Waals surface area contributed by atoms with Gasteiger partial charge in [-0.2, -0.15) is 0 Å². The van der Waals surface area contributed by atoms with E-state index in [0.717, 1.165) is 11.1 Å². The van der Waals surface area contributed by atoms with Crippen molar-refractivity contribution in [1.29, 1.82) is 0 Å². The summed E-state index contributed by atoms with van der Waals surface area (Å²) in [7, 11) is -4.50. The number of hydrogen-bond acceptors (Lipinski definition) is 4. The van der Waals surface area contributed by atoms with Crippen molar-refractivity contribution < 1.29 is 38.0 Å². The van der Waals surface area contributed by atoms with Crippen molar-refractivity contribution in [2.24, 2.45) is 0 Å². The zero-order valence-electron chi connectivity index (χ0n) is 16.4. The van der Waals surface area contributed by atoms with E-state index in [-0.39, 0.29) is 41.8 Å². The van der Waals surface area contributed by atoms with Crippen LogP contribution in [0.2, 0.25) is 0 Å². The smallest absolute Gasteiger partial charge is 0.736 e. The number of benzene rings is 2. The molecule has 0 fully saturated rings. The molecule has 0 heterocycles. The molecule has 6 heteroatoms. The van der Waals surface area contributed by atoms with Gasteiger partial charge in [-0.15, -0.1) is 0 Å². The van der Waals surface area contributed by atoms with Gasteiger partial charge in [0.05, 0.1) is 0 Å². The molecule has 0 radical (unpaired) electrons. The molecule has 0 saturated carbocycles. The largest absolute Gasteiger partial charge is 2.00 e. The summed E-state index contributed by atoms with van der Waals surface area (Å²) in [4.78, 5) is 12.1. The van der Waals surface area contributed by atoms with Gasteiger partial charge in [-0.3, -0.25) is 0 Å². The SMILES string of the molecule is CC(C)(C)c1ccc(OP(=O)([O-])Oc2ccc(C(C)(C)C)cc2)cc1.[Zn+2]. The molecule has 0 unspecified atom stereocenters. The molecule has 26 heavy (non-hydrogen) atoms. The van der Waals surface area contributed by atoms with Crippen LogP contribution in [0.3, 0.4) is 0 Å². The van der Waals surface area contributed by atoms with Crippen LogP contribution in [0.5, 0.6) is 11.5 Å². The van der Waals surface area contributed by atoms with Gasteiger partial charge in [0.25, 0.3) is 0 Å². The van der Waals surface area contributed by atoms with Crippen LogP contribution < -0.4 is 13.9 Å². The Morgan fingerprint density at radius 1 is 0.692 bits per heavy atom. The second-order valence-electron chi connectivity index (χ2n) is 8.18. The van der Waals surface area contributed by atoms with Crippen molar-refractivity contribution in [3.05, 3.63) is 59.7 Å². The van der Waals surface area contributed by atoms with Gasteiger partial charge in [-0.25, -0.2) is 4.57 Å². The fourth-order valence-electron chi connectivity index (χ4n) is 2.31. The molecule has 0 N–H and O–H groups in total. The third kappa shape index (κ3) is 6.54. The summed E-state index contributed by atoms with van der Waals surface area (Å²) >= 11 is 0. The summed E-state index contributed by atoms with van der Waals surface area (Å²) in [6, 6.07) is 14.0. The number of hydrogen-bond donors (Lipinski definition) is 0. The zero-order valence-corrected chi connectivity index (χ0v) is 20.3. The minimum Gasteiger partial charge on any atom is -0.736 e. The molecule has 0 bridgehead atoms. The predicted molar refractivity (Wildman–Crippen MR) is 99.1 cm³/mol. The molecule has 0 aromatic heterocycles. The molecular weight excluding hydrogens is 401 g/mol. The molecule has 0 saturated heterocycles. The zero-order chi connectivity index (χ0) is 18.9. The van der Waals surface area contributed by atoms with Gasteiger partial charge < -0.3 is 13.9 Å². The van der Waals surface area contributed by atoms with Gasteiger partial charge in [0, 0.05) is 0 Å². The van der Waals surface area contributed by atoms with E-state index in [1.54, 1.807) is 24.3 Å². The van der Waals surface area contributed by atoms with Crippen LogP contribution in [-0.4, -0.2) is 0 Å². The second-order valence-corrected chi connectivity index (χ2v) is 9.44. The molecule has 2 rings (SSSR count). The molecule has 0 aliphatic carbocycles. The van der Waals surface area contributed by atoms with Crippen molar-refractivity contribution in [3.63, 3.8) is 0 Å². The Bertz CT molecular complexity index is 693. The Balaban J connectivity index is 0.00000338. The first-order valence-electron chi connectivity index (χ1n) is 8.28. The van der Waals surface area contributed by atoms with Gasteiger partial charge in [-0.05, 0) is 46.2 Å². The van der Waals surface area contributed by atoms with Gasteiger partial charge >= 0.3 is 27.3 Å². The van der Waals surface area contributed by atoms with Crippen LogP contribution in [0.15, 0.2) is 48.5 Å². The van der Waals surface area contributed by atoms with Crippen LogP contribution >= 0.6 is 7.82 Å². The molecule has 0 amide bonds. The van der Waals surface area contributed by atoms with E-state index >= 15 is 0 Å². The van der Waals surface area contributed by atoms with Crippen LogP contribution in [0.1, 0.15) is 52.7 Å². The number of phosphoric acid groups is 1. The number of phosphoric ester groups is 1. The molecule has 136 valence electrons. The van der Waals surface area contributed by atoms with Crippen molar-refractivity contribution in [3.8, 4) is 11.5 Å². The second kappa shape index (κ2) is 8.25. The summed E-state index contributed by atoms with van der Waals surface area (Å²) in [5.74, 6) is 0.468. The van der Waals surface area contributed by atoms with Crippen LogP contribution in [0.25, 0.3) is 0 Å². The first-order valence-corrected chi connectivity index (χ1v) is 9.74. The van der Waals surface area contributed by atoms with E-state index in [1.807, 2.05) is 24.3 Å². The van der Waals surface area contributed by atoms with Crippen LogP contribution in [-0.2, 0) is 34.9 Å². The van der Waals surface area contributed by atoms with Gasteiger partial charge in [-0.1, -0.05) is 65.8 Å². The van der Waals surface area contributed by atoms with E-state index in [4.69, 9.17) is 9.05 Å². The summed E-state index contributed by atoms with van der Waals surface area (Å²) in [5.41, 5.74) is 2.18. The Labute approximate surface area is 169 Å². The van der Waals surface area contributed by atoms with Crippen LogP contribution in [0, 0.1) is 0 Å². The maximum Gasteiger partial charge on any atom is 2.00 e. The normalized spacial score (nSPS) is 12.3. The molecule has 0 aliphatic heterocycles. The maximum absolute atomic E-state index is 12.1. The summed E-state index contributed by atoms with van der Waals surface area (Å²) in [6.45, 7) is 12.5. The van der Waals surface area contributed by atoms with Crippen molar-refractivity contribution >= 4 is 7.82 Å². The Morgan fingerprint density at radius 2 is 0.962 bits per heavy atom. The van der Waals surface area contributed by atoms with Crippen molar-refractivity contribution in [2.75, 3.05) is 0 Å². The van der Waals surface area contributed by atoms with E-state index in [2.05, 4.69) is 41.5 Å². The van der Waals surface area contributed by atoms with E-state index < -0.39 is 7.82 Å². The van der Waals surface area contributed by atoms with Crippen molar-refractivity contribution in [1.82, 2.24) is 0 Å². The summed E-state index contributed by atoms with van der Waals surface area (Å²) in [5, 5.41) is 0. The monoisotopic (exact) mass is 425 g/mol. The minimum atomic E-state index is -4.50. The Hall–Kier alpha value is -1.15. The van der Waals surface area contributed by atoms with E-state index in [9.17, 15) is 9.46 Å². The molecule has 2 aromatic carbocycles. The van der Waals surface area contributed by atoms with Gasteiger partial charge in [0.2, 0.25) is 0 Å². The number of rotatable bonds is 4. The fraction of sp³-hybridized carbons (Fsp3) is 0.400. The molecular formula is C20H26O4PZn+. The topological polar surface area (TPSA) is 58.6 Å². The van der Waals surface area contributed by atoms with Crippen molar-refractivity contribution in [2.45, 2.75) is 52.4 Å². The van der Waals surface area contributed by atoms with Crippen LogP contribution in [0.4, 0.5) is 0 Å². The Kier molecular flexibility index (Phi) is 7.27. The van der Waals surface area contributed by atoms with Gasteiger partial charge in [0.15, 0.2) is 0 Å². The fourth-order valence-corrected chi connectivity index (χ4v) is 3.11. The first kappa shape index (κ1) is 22.9. The summed E-state index contributed by atoms with van der Waals surface area (Å²) < 4.78 is 22.2. The molecule has 0 aliphatic rings. The standard InChI is InChI=1S/C20H27O4P.Zn/c1-19(2,3)15-7-11-17(12-8-15)23-25(21,22)24-18-13-9-16(10-14-18)20(4,5)6;/h7-14H,1-6H3,(H,21,22);/q;+2/p-1. The predicted octanol–water partition coefficient (Wildman–Crippen LogP) is 5.21. The third-order valence-corrected chi connectivity index (χ3v) is 4.74. The third-order valence-electron chi connectivity index (χ3n) is 3.88. The van der Waals surface area contributed by atoms with Gasteiger partial charge in [0.1, 0.15) is 11.5 Å². The Morgan fingerprint density at radius 3 is 1.19 bits per heavy atom. The first-order chi connectivity index (χ1) is 11.4. The molecule has 0 atom stereocenters. The minimum absolute atomic E-state index is 0. The average molecular weight is 427 g/mol. The van der Waals surface area contributed by atoms with E-state index in [0.29, 0.717) is 0 Å². The molecule has 0 spiro atoms. The molecule has 4 nitrogen and oxygen atoms in total. The van der Waals surface area contributed by atoms with E-state index in [1.165, 1.54) is 0 Å².